The van der Waals surface area contributed by atoms with E-state index in [0.717, 1.165) is 15.5 Å². The number of rotatable bonds is 2. The van der Waals surface area contributed by atoms with Crippen LogP contribution < -0.4 is 0 Å². The largest absolute Gasteiger partial charge is 0.264 e. The summed E-state index contributed by atoms with van der Waals surface area (Å²) in [5.74, 6) is 0. The van der Waals surface area contributed by atoms with Crippen LogP contribution in [0.25, 0.3) is 6.08 Å². The molecule has 0 unspecified atom stereocenters. The monoisotopic (exact) mass is 235 g/mol. The van der Waals surface area contributed by atoms with Gasteiger partial charge in [-0.25, -0.2) is 0 Å². The van der Waals surface area contributed by atoms with Gasteiger partial charge in [-0.2, -0.15) is 0 Å². The van der Waals surface area contributed by atoms with Gasteiger partial charge < -0.3 is 0 Å². The Labute approximate surface area is 76.2 Å². The van der Waals surface area contributed by atoms with E-state index in [4.69, 9.17) is 10.4 Å². The maximum Gasteiger partial charge on any atom is 0.0596 e. The molecule has 3 nitrogen and oxygen atoms in total. The quantitative estimate of drug-likeness (QED) is 0.775. The summed E-state index contributed by atoms with van der Waals surface area (Å²) in [6.07, 6.45) is 2.74. The highest BCUT2D eigenvalue weighted by molar-refractivity contribution is 9.10. The number of hydroxylamine groups is 2. The van der Waals surface area contributed by atoms with Gasteiger partial charge in [0.25, 0.3) is 0 Å². The molecule has 0 aliphatic carbocycles. The lowest BCUT2D eigenvalue weighted by Gasteiger charge is -1.96. The molecule has 0 radical (unpaired) electrons. The van der Waals surface area contributed by atoms with E-state index in [-0.39, 0.29) is 5.23 Å². The molecular formula is C6H6BrNO2S. The Morgan fingerprint density at radius 2 is 2.27 bits per heavy atom. The summed E-state index contributed by atoms with van der Waals surface area (Å²) in [5.41, 5.74) is 0. The molecule has 1 aromatic rings. The second-order valence-corrected chi connectivity index (χ2v) is 3.66. The van der Waals surface area contributed by atoms with Crippen LogP contribution in [0, 0.1) is 0 Å². The first kappa shape index (κ1) is 8.73. The van der Waals surface area contributed by atoms with Crippen LogP contribution in [0.5, 0.6) is 0 Å². The predicted octanol–water partition coefficient (Wildman–Crippen LogP) is 2.56. The van der Waals surface area contributed by atoms with Gasteiger partial charge in [0, 0.05) is 14.7 Å². The number of hydrogen-bond acceptors (Lipinski definition) is 4. The maximum absolute atomic E-state index is 8.32. The molecule has 0 saturated carbocycles. The van der Waals surface area contributed by atoms with Crippen LogP contribution >= 0.6 is 27.3 Å². The lowest BCUT2D eigenvalue weighted by atomic mass is 10.4. The third-order valence-electron chi connectivity index (χ3n) is 0.960. The van der Waals surface area contributed by atoms with Crippen molar-refractivity contribution in [3.8, 4) is 0 Å². The highest BCUT2D eigenvalue weighted by Crippen LogP contribution is 2.20. The van der Waals surface area contributed by atoms with Gasteiger partial charge in [-0.05, 0) is 28.1 Å². The third-order valence-corrected chi connectivity index (χ3v) is 2.62. The SMILES string of the molecule is ON(O)C=Cc1cc(Br)cs1. The summed E-state index contributed by atoms with van der Waals surface area (Å²) < 4.78 is 0.990. The molecule has 0 aromatic carbocycles. The van der Waals surface area contributed by atoms with Gasteiger partial charge in [-0.1, -0.05) is 0 Å². The molecular weight excluding hydrogens is 230 g/mol. The molecule has 0 saturated heterocycles. The zero-order valence-corrected chi connectivity index (χ0v) is 7.84. The average Bonchev–Trinajstić information content (AvgIpc) is 2.31. The van der Waals surface area contributed by atoms with Crippen LogP contribution in [0.1, 0.15) is 4.88 Å². The summed E-state index contributed by atoms with van der Waals surface area (Å²) in [5, 5.41) is 18.6. The van der Waals surface area contributed by atoms with E-state index < -0.39 is 0 Å². The topological polar surface area (TPSA) is 43.7 Å². The smallest absolute Gasteiger partial charge is 0.0596 e. The summed E-state index contributed by atoms with van der Waals surface area (Å²) in [4.78, 5) is 0.949. The van der Waals surface area contributed by atoms with Gasteiger partial charge in [0.2, 0.25) is 0 Å². The van der Waals surface area contributed by atoms with Gasteiger partial charge in [-0.3, -0.25) is 10.4 Å². The highest BCUT2D eigenvalue weighted by atomic mass is 79.9. The zero-order chi connectivity index (χ0) is 8.27. The van der Waals surface area contributed by atoms with Gasteiger partial charge in [-0.15, -0.1) is 16.6 Å². The molecule has 1 rings (SSSR count). The predicted molar refractivity (Wildman–Crippen MR) is 46.5 cm³/mol. The highest BCUT2D eigenvalue weighted by Gasteiger charge is 1.91. The van der Waals surface area contributed by atoms with E-state index in [1.165, 1.54) is 11.3 Å². The molecule has 0 fully saturated rings. The van der Waals surface area contributed by atoms with Gasteiger partial charge in [0.1, 0.15) is 0 Å². The van der Waals surface area contributed by atoms with Crippen LogP contribution in [-0.4, -0.2) is 15.6 Å². The van der Waals surface area contributed by atoms with Crippen LogP contribution in [0.4, 0.5) is 0 Å². The fourth-order valence-corrected chi connectivity index (χ4v) is 1.89. The minimum absolute atomic E-state index is 0.0215. The summed E-state index contributed by atoms with van der Waals surface area (Å²) >= 11 is 4.79. The van der Waals surface area contributed by atoms with E-state index in [2.05, 4.69) is 15.9 Å². The average molecular weight is 236 g/mol. The first-order valence-corrected chi connectivity index (χ1v) is 4.45. The number of nitrogens with zero attached hydrogens (tertiary/aromatic N) is 1. The molecule has 0 amide bonds. The van der Waals surface area contributed by atoms with Crippen LogP contribution in [0.3, 0.4) is 0 Å². The van der Waals surface area contributed by atoms with E-state index in [1.807, 2.05) is 11.4 Å². The van der Waals surface area contributed by atoms with Gasteiger partial charge in [0.15, 0.2) is 0 Å². The second kappa shape index (κ2) is 3.87. The van der Waals surface area contributed by atoms with Gasteiger partial charge >= 0.3 is 0 Å². The Kier molecular flexibility index (Phi) is 3.07. The summed E-state index contributed by atoms with van der Waals surface area (Å²) in [6, 6.07) is 1.88. The number of hydrogen-bond donors (Lipinski definition) is 2. The van der Waals surface area contributed by atoms with Crippen molar-refractivity contribution in [1.29, 1.82) is 0 Å². The van der Waals surface area contributed by atoms with Crippen LogP contribution in [0.15, 0.2) is 22.1 Å². The van der Waals surface area contributed by atoms with Crippen LogP contribution in [-0.2, 0) is 0 Å². The molecule has 0 aliphatic heterocycles. The van der Waals surface area contributed by atoms with Crippen molar-refractivity contribution in [1.82, 2.24) is 5.23 Å². The van der Waals surface area contributed by atoms with Crippen molar-refractivity contribution < 1.29 is 10.4 Å². The molecule has 60 valence electrons. The van der Waals surface area contributed by atoms with Crippen molar-refractivity contribution in [2.45, 2.75) is 0 Å². The molecule has 1 heterocycles. The van der Waals surface area contributed by atoms with Crippen LogP contribution in [0.2, 0.25) is 0 Å². The molecule has 2 N–H and O–H groups in total. The molecule has 0 bridgehead atoms. The third kappa shape index (κ3) is 3.02. The first-order valence-electron chi connectivity index (χ1n) is 2.78. The van der Waals surface area contributed by atoms with E-state index >= 15 is 0 Å². The van der Waals surface area contributed by atoms with Crippen molar-refractivity contribution >= 4 is 33.3 Å². The zero-order valence-electron chi connectivity index (χ0n) is 5.44. The minimum atomic E-state index is 0.0215. The van der Waals surface area contributed by atoms with E-state index in [0.29, 0.717) is 0 Å². The fourth-order valence-electron chi connectivity index (χ4n) is 0.556. The van der Waals surface area contributed by atoms with Gasteiger partial charge in [0.05, 0.1) is 6.20 Å². The Morgan fingerprint density at radius 1 is 1.55 bits per heavy atom. The standard InChI is InChI=1S/C6H6BrNO2S/c7-5-3-6(11-4-5)1-2-8(9)10/h1-4,9-10H. The Morgan fingerprint density at radius 3 is 2.73 bits per heavy atom. The molecule has 5 heteroatoms. The summed E-state index contributed by atoms with van der Waals surface area (Å²) in [7, 11) is 0. The lowest BCUT2D eigenvalue weighted by molar-refractivity contribution is -0.266. The Balaban J connectivity index is 2.64. The minimum Gasteiger partial charge on any atom is -0.264 e. The normalized spacial score (nSPS) is 10.8. The Bertz CT molecular complexity index is 259. The van der Waals surface area contributed by atoms with E-state index in [1.54, 1.807) is 6.08 Å². The molecule has 11 heavy (non-hydrogen) atoms. The number of halogens is 1. The van der Waals surface area contributed by atoms with Crippen molar-refractivity contribution in [2.24, 2.45) is 0 Å². The number of thiophene rings is 1. The maximum atomic E-state index is 8.32. The summed E-state index contributed by atoms with van der Waals surface area (Å²) in [6.45, 7) is 0. The van der Waals surface area contributed by atoms with Crippen molar-refractivity contribution in [2.75, 3.05) is 0 Å². The lowest BCUT2D eigenvalue weighted by Crippen LogP contribution is -2.01. The fraction of sp³-hybridized carbons (Fsp3) is 0. The second-order valence-electron chi connectivity index (χ2n) is 1.80. The Hall–Kier alpha value is -0.360. The van der Waals surface area contributed by atoms with Crippen molar-refractivity contribution in [3.05, 3.63) is 27.0 Å². The molecule has 0 spiro atoms. The van der Waals surface area contributed by atoms with Crippen molar-refractivity contribution in [3.63, 3.8) is 0 Å². The van der Waals surface area contributed by atoms with E-state index in [9.17, 15) is 0 Å². The molecule has 1 aromatic heterocycles. The first-order chi connectivity index (χ1) is 5.18. The molecule has 0 atom stereocenters. The molecule has 0 aliphatic rings.